The van der Waals surface area contributed by atoms with E-state index in [9.17, 15) is 14.2 Å². The molecule has 0 aromatic carbocycles. The van der Waals surface area contributed by atoms with Gasteiger partial charge in [0, 0.05) is 0 Å². The van der Waals surface area contributed by atoms with E-state index in [0.717, 1.165) is 32.1 Å². The third kappa shape index (κ3) is 8.69. The van der Waals surface area contributed by atoms with Crippen molar-refractivity contribution in [2.75, 3.05) is 12.1 Å². The summed E-state index contributed by atoms with van der Waals surface area (Å²) in [6.07, 6.45) is 6.51. The maximum atomic E-state index is 14.2. The molecule has 4 N–H and O–H groups in total. The molecule has 13 nitrogen and oxygen atoms in total. The molecule has 0 bridgehead atoms. The maximum Gasteiger partial charge on any atom is 0.326 e. The Hall–Kier alpha value is -2.60. The Labute approximate surface area is 229 Å². The Morgan fingerprint density at radius 2 is 1.85 bits per heavy atom. The average molecular weight is 568 g/mol. The van der Waals surface area contributed by atoms with Gasteiger partial charge in [0.05, 0.1) is 25.1 Å². The van der Waals surface area contributed by atoms with Crippen LogP contribution in [0.2, 0.25) is 0 Å². The van der Waals surface area contributed by atoms with Gasteiger partial charge >= 0.3 is 11.9 Å². The number of nitrogens with zero attached hydrogens (tertiary/aromatic N) is 4. The standard InChI is InChI=1S/C25H42N7O6P/c1-16(2)37-24(34)25(5,6)31-39(35,30-18(4)23(33)38-19-10-8-7-9-11-19)15-36-17(3)12-32-14-29-20-21(26)27-13-28-22(20)32/h13-14,16-19H,7-12,15H2,1-6H3,(H2,26,27,28)(H2,30,31,35)/t17-,18-,39+/m1/s1. The van der Waals surface area contributed by atoms with Gasteiger partial charge in [0.25, 0.3) is 0 Å². The largest absolute Gasteiger partial charge is 0.462 e. The molecule has 2 aromatic heterocycles. The topological polar surface area (TPSA) is 173 Å². The number of hydrogen-bond acceptors (Lipinski definition) is 10. The lowest BCUT2D eigenvalue weighted by atomic mass is 9.98. The van der Waals surface area contributed by atoms with Crippen LogP contribution in [0.25, 0.3) is 11.2 Å². The van der Waals surface area contributed by atoms with Crippen LogP contribution in [0, 0.1) is 0 Å². The first kappa shape index (κ1) is 30.9. The maximum absolute atomic E-state index is 14.2. The number of hydrogen-bond donors (Lipinski definition) is 3. The summed E-state index contributed by atoms with van der Waals surface area (Å²) in [5.41, 5.74) is 5.57. The summed E-state index contributed by atoms with van der Waals surface area (Å²) in [5.74, 6) is -0.802. The van der Waals surface area contributed by atoms with Gasteiger partial charge in [-0.25, -0.2) is 25.1 Å². The van der Waals surface area contributed by atoms with Crippen molar-refractivity contribution >= 4 is 36.4 Å². The molecular formula is C25H42N7O6P. The highest BCUT2D eigenvalue weighted by atomic mass is 31.2. The van der Waals surface area contributed by atoms with Crippen molar-refractivity contribution in [3.8, 4) is 0 Å². The highest BCUT2D eigenvalue weighted by molar-refractivity contribution is 7.59. The molecule has 0 saturated heterocycles. The van der Waals surface area contributed by atoms with Gasteiger partial charge in [-0.3, -0.25) is 14.2 Å². The van der Waals surface area contributed by atoms with Gasteiger partial charge in [-0.15, -0.1) is 0 Å². The van der Waals surface area contributed by atoms with E-state index in [1.807, 2.05) is 0 Å². The van der Waals surface area contributed by atoms with Gasteiger partial charge < -0.3 is 24.5 Å². The number of nitrogens with one attached hydrogen (secondary N) is 2. The molecule has 3 atom stereocenters. The number of ether oxygens (including phenoxy) is 3. The smallest absolute Gasteiger partial charge is 0.326 e. The van der Waals surface area contributed by atoms with Crippen LogP contribution in [0.5, 0.6) is 0 Å². The number of fused-ring (bicyclic) bond motifs is 1. The minimum absolute atomic E-state index is 0.139. The second-order valence-electron chi connectivity index (χ2n) is 10.9. The summed E-state index contributed by atoms with van der Waals surface area (Å²) < 4.78 is 32.9. The molecule has 0 amide bonds. The average Bonchev–Trinajstić information content (AvgIpc) is 3.26. The number of aromatic nitrogens is 4. The van der Waals surface area contributed by atoms with Crippen LogP contribution >= 0.6 is 7.44 Å². The summed E-state index contributed by atoms with van der Waals surface area (Å²) in [7, 11) is -3.70. The summed E-state index contributed by atoms with van der Waals surface area (Å²) in [4.78, 5) is 38.0. The molecule has 1 saturated carbocycles. The van der Waals surface area contributed by atoms with Crippen LogP contribution in [-0.4, -0.2) is 67.7 Å². The predicted octanol–water partition coefficient (Wildman–Crippen LogP) is 3.14. The Morgan fingerprint density at radius 1 is 1.15 bits per heavy atom. The van der Waals surface area contributed by atoms with Crippen molar-refractivity contribution in [1.29, 1.82) is 0 Å². The van der Waals surface area contributed by atoms with Crippen molar-refractivity contribution < 1.29 is 28.4 Å². The first-order valence-electron chi connectivity index (χ1n) is 13.4. The molecule has 39 heavy (non-hydrogen) atoms. The summed E-state index contributed by atoms with van der Waals surface area (Å²) in [6, 6.07) is -0.904. The number of rotatable bonds is 13. The Morgan fingerprint density at radius 3 is 2.51 bits per heavy atom. The van der Waals surface area contributed by atoms with Crippen molar-refractivity contribution in [2.24, 2.45) is 0 Å². The second-order valence-corrected chi connectivity index (χ2v) is 13.1. The predicted molar refractivity (Wildman–Crippen MR) is 147 cm³/mol. The van der Waals surface area contributed by atoms with E-state index in [1.54, 1.807) is 52.4 Å². The van der Waals surface area contributed by atoms with Gasteiger partial charge in [0.2, 0.25) is 7.44 Å². The van der Waals surface area contributed by atoms with Gasteiger partial charge in [-0.05, 0) is 67.2 Å². The number of imidazole rings is 1. The van der Waals surface area contributed by atoms with E-state index in [-0.39, 0.29) is 24.4 Å². The molecule has 0 spiro atoms. The fraction of sp³-hybridized carbons (Fsp3) is 0.720. The first-order chi connectivity index (χ1) is 18.3. The molecule has 2 heterocycles. The quantitative estimate of drug-likeness (QED) is 0.239. The molecule has 3 rings (SSSR count). The van der Waals surface area contributed by atoms with Crippen LogP contribution in [-0.2, 0) is 34.9 Å². The lowest BCUT2D eigenvalue weighted by Crippen LogP contribution is -2.51. The molecule has 218 valence electrons. The van der Waals surface area contributed by atoms with E-state index >= 15 is 0 Å². The fourth-order valence-corrected chi connectivity index (χ4v) is 6.76. The summed E-state index contributed by atoms with van der Waals surface area (Å²) >= 11 is 0. The number of carbonyl (C=O) groups excluding carboxylic acids is 2. The zero-order chi connectivity index (χ0) is 28.8. The van der Waals surface area contributed by atoms with E-state index in [2.05, 4.69) is 25.1 Å². The molecule has 14 heteroatoms. The van der Waals surface area contributed by atoms with Gasteiger partial charge in [-0.2, -0.15) is 0 Å². The molecule has 2 aromatic rings. The van der Waals surface area contributed by atoms with Crippen molar-refractivity contribution in [1.82, 2.24) is 29.7 Å². The van der Waals surface area contributed by atoms with Crippen LogP contribution in [0.1, 0.15) is 73.6 Å². The van der Waals surface area contributed by atoms with E-state index in [4.69, 9.17) is 19.9 Å². The molecular weight excluding hydrogens is 525 g/mol. The number of nitrogen functional groups attached to an aromatic ring is 1. The molecule has 1 fully saturated rings. The number of carbonyl (C=O) groups is 2. The second kappa shape index (κ2) is 13.2. The van der Waals surface area contributed by atoms with Gasteiger partial charge in [0.15, 0.2) is 11.5 Å². The van der Waals surface area contributed by atoms with Crippen LogP contribution in [0.3, 0.4) is 0 Å². The number of nitrogens with two attached hydrogens (primary N) is 1. The molecule has 1 aliphatic rings. The summed E-state index contributed by atoms with van der Waals surface area (Å²) in [6.45, 7) is 10.3. The normalized spacial score (nSPS) is 18.0. The van der Waals surface area contributed by atoms with Gasteiger partial charge in [0.1, 0.15) is 35.9 Å². The molecule has 1 aliphatic carbocycles. The molecule has 0 unspecified atom stereocenters. The van der Waals surface area contributed by atoms with E-state index in [1.165, 1.54) is 6.33 Å². The van der Waals surface area contributed by atoms with Crippen LogP contribution in [0.4, 0.5) is 5.82 Å². The van der Waals surface area contributed by atoms with Crippen molar-refractivity contribution in [3.63, 3.8) is 0 Å². The SMILES string of the molecule is CC(C)OC(=O)C(C)(C)N[P@](=O)(CO[C@H](C)Cn1cnc2c(N)ncnc21)N[C@H](C)C(=O)OC1CCCCC1. The highest BCUT2D eigenvalue weighted by Crippen LogP contribution is 2.40. The zero-order valence-electron chi connectivity index (χ0n) is 23.7. The minimum Gasteiger partial charge on any atom is -0.462 e. The number of esters is 2. The number of anilines is 1. The Balaban J connectivity index is 1.71. The third-order valence-electron chi connectivity index (χ3n) is 6.33. The minimum atomic E-state index is -3.70. The summed E-state index contributed by atoms with van der Waals surface area (Å²) in [5, 5.41) is 5.78. The van der Waals surface area contributed by atoms with E-state index < -0.39 is 37.1 Å². The third-order valence-corrected chi connectivity index (χ3v) is 8.57. The highest BCUT2D eigenvalue weighted by Gasteiger charge is 2.40. The fourth-order valence-electron chi connectivity index (χ4n) is 4.37. The Kier molecular flexibility index (Phi) is 10.4. The van der Waals surface area contributed by atoms with Gasteiger partial charge in [-0.1, -0.05) is 6.42 Å². The van der Waals surface area contributed by atoms with Crippen LogP contribution < -0.4 is 15.9 Å². The van der Waals surface area contributed by atoms with Crippen LogP contribution in [0.15, 0.2) is 12.7 Å². The first-order valence-corrected chi connectivity index (χ1v) is 15.3. The lowest BCUT2D eigenvalue weighted by Gasteiger charge is -2.33. The van der Waals surface area contributed by atoms with Crippen molar-refractivity contribution in [3.05, 3.63) is 12.7 Å². The Bertz CT molecular complexity index is 1180. The van der Waals surface area contributed by atoms with Crippen molar-refractivity contribution in [2.45, 2.75) is 110 Å². The lowest BCUT2D eigenvalue weighted by molar-refractivity contribution is -0.153. The van der Waals surface area contributed by atoms with E-state index in [0.29, 0.717) is 17.7 Å². The molecule has 0 radical (unpaired) electrons. The monoisotopic (exact) mass is 567 g/mol. The molecule has 0 aliphatic heterocycles. The zero-order valence-corrected chi connectivity index (χ0v) is 24.6.